The molecule has 7 nitrogen and oxygen atoms in total. The van der Waals surface area contributed by atoms with Crippen molar-refractivity contribution in [2.75, 3.05) is 31.9 Å². The molecule has 0 aliphatic carbocycles. The number of aromatic nitrogens is 3. The summed E-state index contributed by atoms with van der Waals surface area (Å²) in [6.45, 7) is 5.65. The molecule has 2 aromatic heterocycles. The van der Waals surface area contributed by atoms with Crippen molar-refractivity contribution in [1.29, 1.82) is 0 Å². The Balaban J connectivity index is 1.24. The number of nitrogens with one attached hydrogen (secondary N) is 2. The lowest BCUT2D eigenvalue weighted by Crippen LogP contribution is -2.43. The minimum atomic E-state index is -0.473. The van der Waals surface area contributed by atoms with Crippen LogP contribution in [0.25, 0.3) is 33.3 Å². The molecule has 2 aromatic carbocycles. The maximum atomic E-state index is 14.4. The normalized spacial score (nSPS) is 18.4. The van der Waals surface area contributed by atoms with Crippen molar-refractivity contribution in [1.82, 2.24) is 24.8 Å². The summed E-state index contributed by atoms with van der Waals surface area (Å²) in [6, 6.07) is 11.4. The lowest BCUT2D eigenvalue weighted by molar-refractivity contribution is 0.122. The Kier molecular flexibility index (Phi) is 5.34. The van der Waals surface area contributed by atoms with Crippen LogP contribution in [0.5, 0.6) is 0 Å². The number of benzene rings is 2. The molecule has 2 aliphatic heterocycles. The van der Waals surface area contributed by atoms with E-state index in [-0.39, 0.29) is 16.6 Å². The number of anilines is 1. The Labute approximate surface area is 196 Å². The lowest BCUT2D eigenvalue weighted by atomic mass is 10.0. The molecule has 0 radical (unpaired) electrons. The summed E-state index contributed by atoms with van der Waals surface area (Å²) in [7, 11) is 0. The number of fused-ring (bicyclic) bond motifs is 2. The van der Waals surface area contributed by atoms with Gasteiger partial charge < -0.3 is 20.6 Å². The predicted molar refractivity (Wildman–Crippen MR) is 133 cm³/mol. The van der Waals surface area contributed by atoms with Gasteiger partial charge >= 0.3 is 0 Å². The van der Waals surface area contributed by atoms with Crippen LogP contribution in [-0.4, -0.2) is 57.0 Å². The predicted octanol–water partition coefficient (Wildman–Crippen LogP) is 3.85. The first-order valence-electron chi connectivity index (χ1n) is 12.1. The van der Waals surface area contributed by atoms with E-state index in [1.54, 1.807) is 12.1 Å². The zero-order valence-electron chi connectivity index (χ0n) is 19.1. The average molecular weight is 461 g/mol. The Bertz CT molecular complexity index is 1410. The molecule has 8 heteroatoms. The summed E-state index contributed by atoms with van der Waals surface area (Å²) in [6.07, 6.45) is 5.16. The number of nitrogen functional groups attached to an aromatic ring is 1. The number of piperidine rings is 1. The molecule has 176 valence electrons. The number of imidazole rings is 1. The molecule has 34 heavy (non-hydrogen) atoms. The van der Waals surface area contributed by atoms with Gasteiger partial charge in [-0.05, 0) is 81.7 Å². The average Bonchev–Trinajstić information content (AvgIpc) is 3.49. The van der Waals surface area contributed by atoms with Crippen molar-refractivity contribution in [3.05, 3.63) is 58.1 Å². The summed E-state index contributed by atoms with van der Waals surface area (Å²) in [5.41, 5.74) is 9.29. The van der Waals surface area contributed by atoms with E-state index in [2.05, 4.69) is 36.9 Å². The number of halogens is 1. The molecule has 6 rings (SSSR count). The molecule has 2 fully saturated rings. The fourth-order valence-electron chi connectivity index (χ4n) is 5.65. The highest BCUT2D eigenvalue weighted by Crippen LogP contribution is 2.30. The van der Waals surface area contributed by atoms with Crippen molar-refractivity contribution in [3.63, 3.8) is 0 Å². The van der Waals surface area contributed by atoms with Gasteiger partial charge in [-0.15, -0.1) is 0 Å². The molecule has 4 N–H and O–H groups in total. The van der Waals surface area contributed by atoms with Crippen molar-refractivity contribution in [2.45, 2.75) is 38.3 Å². The second kappa shape index (κ2) is 8.52. The van der Waals surface area contributed by atoms with Gasteiger partial charge in [0.15, 0.2) is 0 Å². The number of aromatic amines is 2. The first kappa shape index (κ1) is 21.3. The second-order valence-electron chi connectivity index (χ2n) is 9.59. The standard InChI is InChI=1S/C26H29FN6O/c27-18-4-3-5-20-22(18)24(28)23(26(34)31-20)25-29-19-7-6-16(14-21(19)30-25)15-32-12-8-17(9-13-32)33-10-1-2-11-33/h3-7,14,17H,1-2,8-13,15H2,(H,29,30)(H3,28,31,34). The lowest BCUT2D eigenvalue weighted by Gasteiger charge is -2.36. The summed E-state index contributed by atoms with van der Waals surface area (Å²) in [5, 5.41) is 0.204. The third-order valence-corrected chi connectivity index (χ3v) is 7.43. The van der Waals surface area contributed by atoms with Gasteiger partial charge in [0.1, 0.15) is 17.2 Å². The third-order valence-electron chi connectivity index (χ3n) is 7.43. The minimum Gasteiger partial charge on any atom is -0.397 e. The van der Waals surface area contributed by atoms with Crippen molar-refractivity contribution < 1.29 is 4.39 Å². The van der Waals surface area contributed by atoms with E-state index in [0.717, 1.165) is 36.7 Å². The summed E-state index contributed by atoms with van der Waals surface area (Å²) < 4.78 is 14.4. The first-order valence-corrected chi connectivity index (χ1v) is 12.1. The number of hydrogen-bond donors (Lipinski definition) is 3. The van der Waals surface area contributed by atoms with Gasteiger partial charge in [-0.25, -0.2) is 9.37 Å². The molecular weight excluding hydrogens is 431 g/mol. The summed E-state index contributed by atoms with van der Waals surface area (Å²) in [4.78, 5) is 28.5. The quantitative estimate of drug-likeness (QED) is 0.430. The van der Waals surface area contributed by atoms with E-state index in [9.17, 15) is 9.18 Å². The zero-order valence-corrected chi connectivity index (χ0v) is 19.1. The first-order chi connectivity index (χ1) is 16.6. The number of H-pyrrole nitrogens is 2. The van der Waals surface area contributed by atoms with Gasteiger partial charge in [0.25, 0.3) is 5.56 Å². The molecule has 2 aliphatic rings. The second-order valence-corrected chi connectivity index (χ2v) is 9.59. The van der Waals surface area contributed by atoms with Crippen LogP contribution in [0.4, 0.5) is 10.1 Å². The SMILES string of the molecule is Nc1c(-c2nc3ccc(CN4CCC(N5CCCC5)CC4)cc3[nH]2)c(=O)[nH]c2cccc(F)c12. The van der Waals surface area contributed by atoms with Gasteiger partial charge in [0.2, 0.25) is 0 Å². The molecule has 4 aromatic rings. The topological polar surface area (TPSA) is 94.0 Å². The monoisotopic (exact) mass is 460 g/mol. The molecule has 2 saturated heterocycles. The van der Waals surface area contributed by atoms with Crippen LogP contribution in [0.1, 0.15) is 31.2 Å². The van der Waals surface area contributed by atoms with E-state index >= 15 is 0 Å². The zero-order chi connectivity index (χ0) is 23.2. The number of nitrogens with zero attached hydrogens (tertiary/aromatic N) is 3. The molecule has 0 saturated carbocycles. The summed E-state index contributed by atoms with van der Waals surface area (Å²) in [5.74, 6) is -0.123. The van der Waals surface area contributed by atoms with Crippen LogP contribution in [-0.2, 0) is 6.54 Å². The molecule has 0 unspecified atom stereocenters. The van der Waals surface area contributed by atoms with Gasteiger partial charge in [-0.1, -0.05) is 12.1 Å². The van der Waals surface area contributed by atoms with E-state index in [0.29, 0.717) is 11.3 Å². The van der Waals surface area contributed by atoms with Crippen LogP contribution >= 0.6 is 0 Å². The Hall–Kier alpha value is -3.23. The largest absolute Gasteiger partial charge is 0.397 e. The van der Waals surface area contributed by atoms with Gasteiger partial charge in [-0.2, -0.15) is 0 Å². The van der Waals surface area contributed by atoms with Crippen LogP contribution in [0, 0.1) is 5.82 Å². The van der Waals surface area contributed by atoms with Crippen LogP contribution in [0.2, 0.25) is 0 Å². The number of nitrogens with two attached hydrogens (primary N) is 1. The number of rotatable bonds is 4. The fourth-order valence-corrected chi connectivity index (χ4v) is 5.65. The molecular formula is C26H29FN6O. The van der Waals surface area contributed by atoms with E-state index < -0.39 is 11.4 Å². The molecule has 0 amide bonds. The Morgan fingerprint density at radius 3 is 2.62 bits per heavy atom. The highest BCUT2D eigenvalue weighted by atomic mass is 19.1. The summed E-state index contributed by atoms with van der Waals surface area (Å²) >= 11 is 0. The molecule has 0 bridgehead atoms. The van der Waals surface area contributed by atoms with Gasteiger partial charge in [0.05, 0.1) is 27.6 Å². The van der Waals surface area contributed by atoms with Crippen molar-refractivity contribution >= 4 is 27.6 Å². The molecule has 0 atom stereocenters. The number of hydrogen-bond acceptors (Lipinski definition) is 5. The van der Waals surface area contributed by atoms with E-state index in [1.165, 1.54) is 50.4 Å². The van der Waals surface area contributed by atoms with Crippen LogP contribution in [0.3, 0.4) is 0 Å². The minimum absolute atomic E-state index is 0.0944. The maximum absolute atomic E-state index is 14.4. The highest BCUT2D eigenvalue weighted by molar-refractivity contribution is 5.98. The smallest absolute Gasteiger partial charge is 0.261 e. The third kappa shape index (κ3) is 3.76. The Morgan fingerprint density at radius 2 is 1.82 bits per heavy atom. The van der Waals surface area contributed by atoms with E-state index in [4.69, 9.17) is 5.73 Å². The van der Waals surface area contributed by atoms with Crippen molar-refractivity contribution in [2.24, 2.45) is 0 Å². The highest BCUT2D eigenvalue weighted by Gasteiger charge is 2.26. The maximum Gasteiger partial charge on any atom is 0.261 e. The van der Waals surface area contributed by atoms with E-state index in [1.807, 2.05) is 6.07 Å². The van der Waals surface area contributed by atoms with Gasteiger partial charge in [0, 0.05) is 12.6 Å². The number of likely N-dealkylation sites (tertiary alicyclic amines) is 2. The van der Waals surface area contributed by atoms with Crippen LogP contribution < -0.4 is 11.3 Å². The molecule has 0 spiro atoms. The Morgan fingerprint density at radius 1 is 1.03 bits per heavy atom. The van der Waals surface area contributed by atoms with Crippen LogP contribution in [0.15, 0.2) is 41.2 Å². The fraction of sp³-hybridized carbons (Fsp3) is 0.385. The molecule has 4 heterocycles. The van der Waals surface area contributed by atoms with Gasteiger partial charge in [-0.3, -0.25) is 9.69 Å². The number of pyridine rings is 1. The van der Waals surface area contributed by atoms with Crippen molar-refractivity contribution in [3.8, 4) is 11.4 Å².